The zero-order valence-corrected chi connectivity index (χ0v) is 19.0. The molecule has 6 unspecified atom stereocenters. The van der Waals surface area contributed by atoms with Crippen molar-refractivity contribution in [1.29, 1.82) is 0 Å². The number of rotatable bonds is 13. The van der Waals surface area contributed by atoms with Crippen LogP contribution in [0.3, 0.4) is 0 Å². The Morgan fingerprint density at radius 1 is 0.939 bits per heavy atom. The van der Waals surface area contributed by atoms with Crippen molar-refractivity contribution in [2.75, 3.05) is 6.61 Å². The first-order valence-corrected chi connectivity index (χ1v) is 10.7. The average molecular weight is 467 g/mol. The highest BCUT2D eigenvalue weighted by molar-refractivity contribution is 5.94. The fourth-order valence-corrected chi connectivity index (χ4v) is 2.95. The lowest BCUT2D eigenvalue weighted by atomic mass is 9.96. The summed E-state index contributed by atoms with van der Waals surface area (Å²) in [6.45, 7) is 4.03. The van der Waals surface area contributed by atoms with Gasteiger partial charge in [0.1, 0.15) is 24.2 Å². The molecular formula is C22H34N4O7. The van der Waals surface area contributed by atoms with E-state index in [0.29, 0.717) is 6.42 Å². The second-order valence-electron chi connectivity index (χ2n) is 7.97. The second-order valence-corrected chi connectivity index (χ2v) is 7.97. The highest BCUT2D eigenvalue weighted by Crippen LogP contribution is 2.11. The van der Waals surface area contributed by atoms with E-state index in [4.69, 9.17) is 10.8 Å². The summed E-state index contributed by atoms with van der Waals surface area (Å²) in [5.41, 5.74) is 6.42. The molecule has 184 valence electrons. The molecule has 0 bridgehead atoms. The van der Waals surface area contributed by atoms with Crippen LogP contribution < -0.4 is 21.7 Å². The molecule has 8 N–H and O–H groups in total. The van der Waals surface area contributed by atoms with Gasteiger partial charge in [-0.15, -0.1) is 0 Å². The van der Waals surface area contributed by atoms with E-state index in [0.717, 1.165) is 5.56 Å². The minimum absolute atomic E-state index is 0.0914. The normalized spacial score (nSPS) is 16.4. The molecule has 0 aliphatic heterocycles. The van der Waals surface area contributed by atoms with Crippen molar-refractivity contribution in [3.8, 4) is 0 Å². The molecule has 3 amide bonds. The van der Waals surface area contributed by atoms with Crippen LogP contribution in [-0.2, 0) is 25.6 Å². The molecular weight excluding hydrogens is 432 g/mol. The second kappa shape index (κ2) is 13.5. The Hall–Kier alpha value is -3.02. The maximum absolute atomic E-state index is 13.1. The zero-order valence-electron chi connectivity index (χ0n) is 19.0. The Labute approximate surface area is 192 Å². The summed E-state index contributed by atoms with van der Waals surface area (Å²) in [5.74, 6) is -3.99. The van der Waals surface area contributed by atoms with Crippen LogP contribution in [0.4, 0.5) is 0 Å². The molecule has 0 spiro atoms. The van der Waals surface area contributed by atoms with Crippen molar-refractivity contribution in [2.24, 2.45) is 11.7 Å². The first-order valence-electron chi connectivity index (χ1n) is 10.7. The molecule has 33 heavy (non-hydrogen) atoms. The molecule has 0 aromatic heterocycles. The topological polar surface area (TPSA) is 191 Å². The number of carbonyl (C=O) groups is 4. The predicted molar refractivity (Wildman–Crippen MR) is 120 cm³/mol. The van der Waals surface area contributed by atoms with Crippen molar-refractivity contribution in [2.45, 2.75) is 63.9 Å². The molecule has 1 aromatic carbocycles. The number of amides is 3. The number of carboxylic acid groups (broad SMARTS) is 1. The number of carbonyl (C=O) groups excluding carboxylic acids is 3. The van der Waals surface area contributed by atoms with Gasteiger partial charge in [-0.1, -0.05) is 50.6 Å². The molecule has 11 heteroatoms. The molecule has 0 aliphatic carbocycles. The summed E-state index contributed by atoms with van der Waals surface area (Å²) in [4.78, 5) is 49.4. The maximum Gasteiger partial charge on any atom is 0.328 e. The molecule has 0 heterocycles. The summed E-state index contributed by atoms with van der Waals surface area (Å²) in [7, 11) is 0. The molecule has 0 fully saturated rings. The largest absolute Gasteiger partial charge is 0.480 e. The average Bonchev–Trinajstić information content (AvgIpc) is 2.79. The molecule has 11 nitrogen and oxygen atoms in total. The van der Waals surface area contributed by atoms with E-state index < -0.39 is 60.6 Å². The van der Waals surface area contributed by atoms with Gasteiger partial charge in [-0.25, -0.2) is 4.79 Å². The van der Waals surface area contributed by atoms with Gasteiger partial charge < -0.3 is 37.0 Å². The van der Waals surface area contributed by atoms with Crippen LogP contribution in [-0.4, -0.2) is 75.9 Å². The monoisotopic (exact) mass is 466 g/mol. The van der Waals surface area contributed by atoms with Gasteiger partial charge in [0.15, 0.2) is 0 Å². The number of benzene rings is 1. The van der Waals surface area contributed by atoms with Gasteiger partial charge in [0.05, 0.1) is 12.7 Å². The van der Waals surface area contributed by atoms with E-state index in [1.807, 2.05) is 0 Å². The third kappa shape index (κ3) is 8.79. The molecule has 6 atom stereocenters. The molecule has 1 aromatic rings. The summed E-state index contributed by atoms with van der Waals surface area (Å²) in [5, 5.41) is 35.2. The number of hydrogen-bond acceptors (Lipinski definition) is 7. The number of aliphatic hydroxyl groups excluding tert-OH is 2. The SMILES string of the molecule is CCC(C)C(NC(=O)C(Cc1ccccc1)NC(=O)C(N)C(C)O)C(=O)NC(CO)C(=O)O. The lowest BCUT2D eigenvalue weighted by molar-refractivity contribution is -0.143. The van der Waals surface area contributed by atoms with E-state index in [1.54, 1.807) is 44.2 Å². The zero-order chi connectivity index (χ0) is 25.1. The van der Waals surface area contributed by atoms with Crippen LogP contribution >= 0.6 is 0 Å². The Balaban J connectivity index is 3.11. The van der Waals surface area contributed by atoms with Gasteiger partial charge in [-0.3, -0.25) is 14.4 Å². The molecule has 0 aliphatic rings. The third-order valence-electron chi connectivity index (χ3n) is 5.33. The summed E-state index contributed by atoms with van der Waals surface area (Å²) in [6.07, 6.45) is -0.568. The van der Waals surface area contributed by atoms with E-state index >= 15 is 0 Å². The van der Waals surface area contributed by atoms with E-state index in [2.05, 4.69) is 16.0 Å². The molecule has 0 saturated carbocycles. The van der Waals surface area contributed by atoms with Crippen LogP contribution in [0.2, 0.25) is 0 Å². The van der Waals surface area contributed by atoms with Crippen molar-refractivity contribution < 1.29 is 34.5 Å². The molecule has 0 saturated heterocycles. The van der Waals surface area contributed by atoms with Gasteiger partial charge >= 0.3 is 5.97 Å². The minimum atomic E-state index is -1.52. The van der Waals surface area contributed by atoms with Gasteiger partial charge in [0.2, 0.25) is 17.7 Å². The minimum Gasteiger partial charge on any atom is -0.480 e. The van der Waals surface area contributed by atoms with Gasteiger partial charge in [0, 0.05) is 6.42 Å². The van der Waals surface area contributed by atoms with E-state index in [-0.39, 0.29) is 12.3 Å². The number of aliphatic hydroxyl groups is 2. The van der Waals surface area contributed by atoms with Crippen molar-refractivity contribution in [3.05, 3.63) is 35.9 Å². The summed E-state index contributed by atoms with van der Waals surface area (Å²) < 4.78 is 0. The third-order valence-corrected chi connectivity index (χ3v) is 5.33. The Bertz CT molecular complexity index is 803. The number of carboxylic acids is 1. The van der Waals surface area contributed by atoms with Crippen molar-refractivity contribution in [1.82, 2.24) is 16.0 Å². The quantitative estimate of drug-likeness (QED) is 0.183. The molecule has 1 rings (SSSR count). The lowest BCUT2D eigenvalue weighted by Crippen LogP contribution is -2.60. The Kier molecular flexibility index (Phi) is 11.5. The van der Waals surface area contributed by atoms with Crippen LogP contribution in [0.15, 0.2) is 30.3 Å². The first-order chi connectivity index (χ1) is 15.5. The van der Waals surface area contributed by atoms with Gasteiger partial charge in [-0.05, 0) is 18.4 Å². The fourth-order valence-electron chi connectivity index (χ4n) is 2.95. The standard InChI is InChI=1S/C22H34N4O7/c1-4-12(2)18(21(31)25-16(11-27)22(32)33)26-19(29)15(10-14-8-6-5-7-9-14)24-20(30)17(23)13(3)28/h5-9,12-13,15-18,27-28H,4,10-11,23H2,1-3H3,(H,24,30)(H,25,31)(H,26,29)(H,32,33). The smallest absolute Gasteiger partial charge is 0.328 e. The van der Waals surface area contributed by atoms with Crippen LogP contribution in [0.1, 0.15) is 32.8 Å². The predicted octanol–water partition coefficient (Wildman–Crippen LogP) is -1.49. The van der Waals surface area contributed by atoms with Gasteiger partial charge in [-0.2, -0.15) is 0 Å². The van der Waals surface area contributed by atoms with E-state index in [1.165, 1.54) is 6.92 Å². The maximum atomic E-state index is 13.1. The highest BCUT2D eigenvalue weighted by Gasteiger charge is 2.33. The van der Waals surface area contributed by atoms with E-state index in [9.17, 15) is 29.4 Å². The van der Waals surface area contributed by atoms with Crippen LogP contribution in [0, 0.1) is 5.92 Å². The fraction of sp³-hybridized carbons (Fsp3) is 0.545. The van der Waals surface area contributed by atoms with Crippen LogP contribution in [0.5, 0.6) is 0 Å². The summed E-state index contributed by atoms with van der Waals surface area (Å²) in [6, 6.07) is 3.85. The first kappa shape index (κ1) is 28.0. The van der Waals surface area contributed by atoms with Gasteiger partial charge in [0.25, 0.3) is 0 Å². The number of nitrogens with one attached hydrogen (secondary N) is 3. The molecule has 0 radical (unpaired) electrons. The number of hydrogen-bond donors (Lipinski definition) is 7. The Morgan fingerprint density at radius 2 is 1.52 bits per heavy atom. The Morgan fingerprint density at radius 3 is 2.00 bits per heavy atom. The lowest BCUT2D eigenvalue weighted by Gasteiger charge is -2.28. The highest BCUT2D eigenvalue weighted by atomic mass is 16.4. The van der Waals surface area contributed by atoms with Crippen molar-refractivity contribution in [3.63, 3.8) is 0 Å². The summed E-state index contributed by atoms with van der Waals surface area (Å²) >= 11 is 0. The van der Waals surface area contributed by atoms with Crippen LogP contribution in [0.25, 0.3) is 0 Å². The number of aliphatic carboxylic acids is 1. The van der Waals surface area contributed by atoms with Crippen molar-refractivity contribution >= 4 is 23.7 Å². The number of nitrogens with two attached hydrogens (primary N) is 1.